The van der Waals surface area contributed by atoms with Gasteiger partial charge in [-0.05, 0) is 69.4 Å². The second-order valence-electron chi connectivity index (χ2n) is 10.8. The number of hydrogen-bond donors (Lipinski definition) is 1. The number of piperidine rings is 1. The van der Waals surface area contributed by atoms with Gasteiger partial charge >= 0.3 is 0 Å². The largest absolute Gasteiger partial charge is 0.598 e. The zero-order valence-electron chi connectivity index (χ0n) is 21.4. The number of aromatic nitrogens is 2. The first-order chi connectivity index (χ1) is 17.2. The highest BCUT2D eigenvalue weighted by Crippen LogP contribution is 2.52. The molecule has 36 heavy (non-hydrogen) atoms. The second-order valence-corrected chi connectivity index (χ2v) is 12.8. The van der Waals surface area contributed by atoms with Gasteiger partial charge in [0.1, 0.15) is 16.2 Å². The van der Waals surface area contributed by atoms with Gasteiger partial charge in [-0.15, -0.1) is 4.72 Å². The maximum atomic E-state index is 13.6. The van der Waals surface area contributed by atoms with Crippen LogP contribution in [0.2, 0.25) is 0 Å². The first-order valence-corrected chi connectivity index (χ1v) is 13.6. The highest BCUT2D eigenvalue weighted by Gasteiger charge is 2.50. The first-order valence-electron chi connectivity index (χ1n) is 12.5. The van der Waals surface area contributed by atoms with Crippen molar-refractivity contribution in [3.05, 3.63) is 77.6 Å². The molecule has 1 amide bonds. The minimum absolute atomic E-state index is 0.00771. The summed E-state index contributed by atoms with van der Waals surface area (Å²) in [5.41, 5.74) is 3.82. The summed E-state index contributed by atoms with van der Waals surface area (Å²) in [6, 6.07) is 17.8. The van der Waals surface area contributed by atoms with Gasteiger partial charge in [0.05, 0.1) is 25.0 Å². The van der Waals surface area contributed by atoms with Crippen molar-refractivity contribution in [1.29, 1.82) is 0 Å². The molecule has 2 heterocycles. The normalized spacial score (nSPS) is 19.8. The van der Waals surface area contributed by atoms with Crippen molar-refractivity contribution in [2.75, 3.05) is 20.2 Å². The van der Waals surface area contributed by atoms with Crippen molar-refractivity contribution in [1.82, 2.24) is 19.4 Å². The van der Waals surface area contributed by atoms with Gasteiger partial charge in [-0.1, -0.05) is 30.3 Å². The molecule has 0 radical (unpaired) electrons. The van der Waals surface area contributed by atoms with Crippen LogP contribution in [0.1, 0.15) is 61.3 Å². The Balaban J connectivity index is 1.35. The number of carbonyl (C=O) groups is 1. The molecular formula is C28H34N4O3S. The summed E-state index contributed by atoms with van der Waals surface area (Å²) in [6.07, 6.45) is 4.29. The van der Waals surface area contributed by atoms with Crippen LogP contribution in [0.3, 0.4) is 0 Å². The van der Waals surface area contributed by atoms with E-state index in [0.29, 0.717) is 24.5 Å². The van der Waals surface area contributed by atoms with Gasteiger partial charge < -0.3 is 14.2 Å². The van der Waals surface area contributed by atoms with Crippen LogP contribution in [-0.4, -0.2) is 50.1 Å². The van der Waals surface area contributed by atoms with Gasteiger partial charge in [0.25, 0.3) is 5.91 Å². The van der Waals surface area contributed by atoms with Crippen LogP contribution >= 0.6 is 0 Å². The smallest absolute Gasteiger partial charge is 0.272 e. The Hall–Kier alpha value is -2.81. The molecule has 1 spiro atoms. The fourth-order valence-electron chi connectivity index (χ4n) is 5.46. The lowest BCUT2D eigenvalue weighted by Crippen LogP contribution is -2.50. The van der Waals surface area contributed by atoms with Crippen LogP contribution in [0.15, 0.2) is 60.8 Å². The number of rotatable bonds is 5. The van der Waals surface area contributed by atoms with E-state index in [1.165, 1.54) is 11.1 Å². The monoisotopic (exact) mass is 506 g/mol. The first kappa shape index (κ1) is 24.9. The number of ether oxygens (including phenoxy) is 1. The zero-order chi connectivity index (χ0) is 25.5. The van der Waals surface area contributed by atoms with E-state index in [4.69, 9.17) is 4.74 Å². The molecule has 2 atom stereocenters. The van der Waals surface area contributed by atoms with E-state index < -0.39 is 11.4 Å². The third kappa shape index (κ3) is 4.53. The summed E-state index contributed by atoms with van der Waals surface area (Å²) in [7, 11) is 1.62. The molecule has 1 aromatic heterocycles. The topological polar surface area (TPSA) is 82.5 Å². The summed E-state index contributed by atoms with van der Waals surface area (Å²) in [5, 5.41) is 4.41. The molecule has 2 aromatic carbocycles. The number of nitrogens with zero attached hydrogens (tertiary/aromatic N) is 3. The molecule has 190 valence electrons. The van der Waals surface area contributed by atoms with Gasteiger partial charge in [-0.3, -0.25) is 4.79 Å². The van der Waals surface area contributed by atoms with E-state index in [1.54, 1.807) is 24.1 Å². The average molecular weight is 507 g/mol. The lowest BCUT2D eigenvalue weighted by molar-refractivity contribution is 0.0518. The highest BCUT2D eigenvalue weighted by atomic mass is 32.2. The SMILES string of the molecule is COc1cccc(-n2nccc2C(=O)N2CCC3(CC2)Cc2ccccc2[C@H]3N[S+]([O-])C(C)(C)C)c1. The number of hydrogen-bond acceptors (Lipinski definition) is 5. The summed E-state index contributed by atoms with van der Waals surface area (Å²) in [4.78, 5) is 15.5. The predicted molar refractivity (Wildman–Crippen MR) is 142 cm³/mol. The molecule has 5 rings (SSSR count). The third-order valence-electron chi connectivity index (χ3n) is 7.51. The molecule has 2 aliphatic rings. The van der Waals surface area contributed by atoms with Crippen molar-refractivity contribution in [2.24, 2.45) is 5.41 Å². The lowest BCUT2D eigenvalue weighted by atomic mass is 9.73. The molecule has 0 bridgehead atoms. The van der Waals surface area contributed by atoms with Crippen molar-refractivity contribution in [2.45, 2.75) is 50.8 Å². The molecule has 0 saturated carbocycles. The Kier molecular flexibility index (Phi) is 6.61. The maximum absolute atomic E-state index is 13.6. The molecule has 1 saturated heterocycles. The molecule has 1 aliphatic heterocycles. The van der Waals surface area contributed by atoms with E-state index in [1.807, 2.05) is 49.9 Å². The number of benzene rings is 2. The standard InChI is InChI=1S/C28H34N4O3S/c1-27(2,3)36(34)30-25-23-11-6-5-8-20(23)19-28(25)13-16-31(17-14-28)26(33)24-12-15-29-32(24)21-9-7-10-22(18-21)35-4/h5-12,15,18,25,30H,13-14,16-17,19H2,1-4H3/t25-,36?/m1/s1. The number of likely N-dealkylation sites (tertiary alicyclic amines) is 1. The fraction of sp³-hybridized carbons (Fsp3) is 0.429. The number of fused-ring (bicyclic) bond motifs is 1. The van der Waals surface area contributed by atoms with Gasteiger partial charge in [-0.25, -0.2) is 4.68 Å². The number of carbonyl (C=O) groups excluding carboxylic acids is 1. The quantitative estimate of drug-likeness (QED) is 0.517. The van der Waals surface area contributed by atoms with Gasteiger partial charge in [0.15, 0.2) is 0 Å². The van der Waals surface area contributed by atoms with Crippen molar-refractivity contribution in [3.8, 4) is 11.4 Å². The maximum Gasteiger partial charge on any atom is 0.272 e. The van der Waals surface area contributed by atoms with Crippen LogP contribution in [-0.2, 0) is 17.8 Å². The third-order valence-corrected chi connectivity index (χ3v) is 9.07. The fourth-order valence-corrected chi connectivity index (χ4v) is 6.40. The highest BCUT2D eigenvalue weighted by molar-refractivity contribution is 7.90. The summed E-state index contributed by atoms with van der Waals surface area (Å²) < 4.78 is 23.3. The Morgan fingerprint density at radius 2 is 1.89 bits per heavy atom. The molecule has 8 heteroatoms. The van der Waals surface area contributed by atoms with Crippen molar-refractivity contribution in [3.63, 3.8) is 0 Å². The summed E-state index contributed by atoms with van der Waals surface area (Å²) >= 11 is -1.18. The molecule has 1 N–H and O–H groups in total. The Morgan fingerprint density at radius 1 is 1.14 bits per heavy atom. The zero-order valence-corrected chi connectivity index (χ0v) is 22.2. The van der Waals surface area contributed by atoms with Crippen LogP contribution in [0, 0.1) is 5.41 Å². The van der Waals surface area contributed by atoms with E-state index in [-0.39, 0.29) is 22.1 Å². The van der Waals surface area contributed by atoms with Crippen LogP contribution in [0.4, 0.5) is 0 Å². The van der Waals surface area contributed by atoms with E-state index >= 15 is 0 Å². The predicted octanol–water partition coefficient (Wildman–Crippen LogP) is 4.45. The Labute approximate surface area is 216 Å². The number of nitrogens with one attached hydrogen (secondary N) is 1. The van der Waals surface area contributed by atoms with Crippen LogP contribution < -0.4 is 9.46 Å². The van der Waals surface area contributed by atoms with Gasteiger partial charge in [-0.2, -0.15) is 5.10 Å². The number of amides is 1. The number of methoxy groups -OCH3 is 1. The van der Waals surface area contributed by atoms with Gasteiger partial charge in [0, 0.05) is 35.9 Å². The van der Waals surface area contributed by atoms with Crippen molar-refractivity contribution < 1.29 is 14.1 Å². The Morgan fingerprint density at radius 3 is 2.61 bits per heavy atom. The molecule has 1 aliphatic carbocycles. The second kappa shape index (κ2) is 9.57. The average Bonchev–Trinajstić information content (AvgIpc) is 3.47. The van der Waals surface area contributed by atoms with Gasteiger partial charge in [0.2, 0.25) is 0 Å². The van der Waals surface area contributed by atoms with E-state index in [9.17, 15) is 9.35 Å². The lowest BCUT2D eigenvalue weighted by Gasteiger charge is -2.43. The van der Waals surface area contributed by atoms with Crippen molar-refractivity contribution >= 4 is 17.3 Å². The minimum atomic E-state index is -1.18. The van der Waals surface area contributed by atoms with Crippen LogP contribution in [0.25, 0.3) is 5.69 Å². The minimum Gasteiger partial charge on any atom is -0.598 e. The summed E-state index contributed by atoms with van der Waals surface area (Å²) in [5.74, 6) is 0.691. The molecule has 1 fully saturated rings. The Bertz CT molecular complexity index is 1240. The van der Waals surface area contributed by atoms with Crippen LogP contribution in [0.5, 0.6) is 5.75 Å². The molecular weight excluding hydrogens is 472 g/mol. The van der Waals surface area contributed by atoms with E-state index in [2.05, 4.69) is 34.1 Å². The molecule has 3 aromatic rings. The molecule has 1 unspecified atom stereocenters. The molecule has 7 nitrogen and oxygen atoms in total. The van der Waals surface area contributed by atoms with E-state index in [0.717, 1.165) is 24.9 Å². The summed E-state index contributed by atoms with van der Waals surface area (Å²) in [6.45, 7) is 7.29.